The number of benzene rings is 8. The van der Waals surface area contributed by atoms with Crippen molar-refractivity contribution in [3.8, 4) is 28.7 Å². The van der Waals surface area contributed by atoms with Gasteiger partial charge in [-0.3, -0.25) is 0 Å². The van der Waals surface area contributed by atoms with E-state index in [9.17, 15) is 25.5 Å². The van der Waals surface area contributed by atoms with Crippen molar-refractivity contribution in [2.75, 3.05) is 52.6 Å². The van der Waals surface area contributed by atoms with Gasteiger partial charge in [-0.1, -0.05) is 163 Å². The quantitative estimate of drug-likeness (QED) is 0.0250. The van der Waals surface area contributed by atoms with E-state index in [1.54, 1.807) is 12.1 Å². The van der Waals surface area contributed by atoms with Crippen molar-refractivity contribution in [3.05, 3.63) is 163 Å². The fourth-order valence-electron chi connectivity index (χ4n) is 8.57. The number of hydrogen-bond acceptors (Lipinski definition) is 13. The van der Waals surface area contributed by atoms with Crippen LogP contribution in [0.2, 0.25) is 0 Å². The first-order chi connectivity index (χ1) is 39.0. The summed E-state index contributed by atoms with van der Waals surface area (Å²) in [4.78, 5) is 0. The molecule has 9 N–H and O–H groups in total. The van der Waals surface area contributed by atoms with E-state index in [1.165, 1.54) is 16.5 Å². The zero-order valence-corrected chi connectivity index (χ0v) is 49.5. The zero-order valence-electron chi connectivity index (χ0n) is 49.5. The third kappa shape index (κ3) is 22.1. The maximum Gasteiger partial charge on any atom is 0.127 e. The number of fused-ring (bicyclic) bond motifs is 4. The Hall–Kier alpha value is -6.52. The molecule has 8 rings (SSSR count). The summed E-state index contributed by atoms with van der Waals surface area (Å²) in [6.07, 6.45) is 0.0104. The smallest absolute Gasteiger partial charge is 0.127 e. The second-order valence-electron chi connectivity index (χ2n) is 21.4. The molecule has 13 heteroatoms. The van der Waals surface area contributed by atoms with Crippen molar-refractivity contribution in [2.24, 2.45) is 0 Å². The van der Waals surface area contributed by atoms with Gasteiger partial charge in [0.05, 0.1) is 0 Å². The third-order valence-corrected chi connectivity index (χ3v) is 13.7. The molecule has 0 aliphatic carbocycles. The SMILES string of the molecule is CCC(C)NCC(O)COc1cccc2c(O)cccc12.CCC(C)NCC(O)COc1cccc2ccccc12.Cc1cccc2c(OCC(O)CNC(C)C)cccc12.Cc1cccc2cccc(OCC(O)CNC(C)C)c12. The average molecular weight is 1110 g/mol. The largest absolute Gasteiger partial charge is 0.507 e. The minimum atomic E-state index is -0.563. The molecule has 0 amide bonds. The van der Waals surface area contributed by atoms with Crippen molar-refractivity contribution in [2.45, 2.75) is 131 Å². The topological polar surface area (TPSA) is 186 Å². The summed E-state index contributed by atoms with van der Waals surface area (Å²) in [6.45, 7) is 24.1. The molecular formula is C68H92N4O9. The summed E-state index contributed by atoms with van der Waals surface area (Å²) in [7, 11) is 0. The van der Waals surface area contributed by atoms with Crippen LogP contribution in [-0.2, 0) is 0 Å². The molecule has 0 heterocycles. The number of rotatable bonds is 26. The van der Waals surface area contributed by atoms with Gasteiger partial charge in [0.1, 0.15) is 79.6 Å². The number of phenolic OH excluding ortho intramolecular Hbond substituents is 1. The van der Waals surface area contributed by atoms with Gasteiger partial charge in [0, 0.05) is 77.3 Å². The Bertz CT molecular complexity index is 3070. The van der Waals surface area contributed by atoms with Gasteiger partial charge in [0.15, 0.2) is 0 Å². The highest BCUT2D eigenvalue weighted by Crippen LogP contribution is 2.32. The fraction of sp³-hybridized carbons (Fsp3) is 0.412. The molecule has 8 aromatic rings. The molecule has 81 heavy (non-hydrogen) atoms. The van der Waals surface area contributed by atoms with Crippen molar-refractivity contribution in [1.82, 2.24) is 21.3 Å². The summed E-state index contributed by atoms with van der Waals surface area (Å²) >= 11 is 0. The molecule has 6 atom stereocenters. The van der Waals surface area contributed by atoms with E-state index in [0.29, 0.717) is 75.9 Å². The van der Waals surface area contributed by atoms with Crippen molar-refractivity contribution in [1.29, 1.82) is 0 Å². The van der Waals surface area contributed by atoms with Crippen LogP contribution in [0.5, 0.6) is 28.7 Å². The Morgan fingerprint density at radius 3 is 1.22 bits per heavy atom. The van der Waals surface area contributed by atoms with Gasteiger partial charge >= 0.3 is 0 Å². The first-order valence-electron chi connectivity index (χ1n) is 28.8. The van der Waals surface area contributed by atoms with Crippen molar-refractivity contribution in [3.63, 3.8) is 0 Å². The number of aliphatic hydroxyl groups excluding tert-OH is 4. The molecule has 438 valence electrons. The predicted octanol–water partition coefficient (Wildman–Crippen LogP) is 11.4. The second kappa shape index (κ2) is 34.7. The third-order valence-electron chi connectivity index (χ3n) is 13.7. The second-order valence-corrected chi connectivity index (χ2v) is 21.4. The molecule has 13 nitrogen and oxygen atoms in total. The first kappa shape index (κ1) is 65.3. The molecule has 8 aromatic carbocycles. The minimum Gasteiger partial charge on any atom is -0.507 e. The normalized spacial score (nSPS) is 13.5. The van der Waals surface area contributed by atoms with Crippen LogP contribution < -0.4 is 40.2 Å². The number of aromatic hydroxyl groups is 1. The molecule has 0 bridgehead atoms. The monoisotopic (exact) mass is 1110 g/mol. The molecule has 0 aliphatic rings. The summed E-state index contributed by atoms with van der Waals surface area (Å²) in [5.74, 6) is 3.40. The van der Waals surface area contributed by atoms with Crippen LogP contribution in [0.3, 0.4) is 0 Å². The van der Waals surface area contributed by atoms with Gasteiger partial charge in [-0.15, -0.1) is 0 Å². The van der Waals surface area contributed by atoms with Gasteiger partial charge in [-0.05, 0) is 98.2 Å². The molecule has 0 spiro atoms. The van der Waals surface area contributed by atoms with E-state index in [-0.39, 0.29) is 12.4 Å². The van der Waals surface area contributed by atoms with Crippen molar-refractivity contribution >= 4 is 43.1 Å². The Morgan fingerprint density at radius 1 is 0.358 bits per heavy atom. The summed E-state index contributed by atoms with van der Waals surface area (Å²) < 4.78 is 23.0. The van der Waals surface area contributed by atoms with E-state index in [4.69, 9.17) is 18.9 Å². The van der Waals surface area contributed by atoms with Crippen LogP contribution in [0.1, 0.15) is 79.4 Å². The van der Waals surface area contributed by atoms with E-state index in [2.05, 4.69) is 139 Å². The maximum absolute atomic E-state index is 9.94. The maximum atomic E-state index is 9.94. The number of nitrogens with one attached hydrogen (secondary N) is 4. The Balaban J connectivity index is 0.000000198. The Labute approximate surface area is 481 Å². The van der Waals surface area contributed by atoms with Gasteiger partial charge in [0.25, 0.3) is 0 Å². The lowest BCUT2D eigenvalue weighted by Gasteiger charge is -2.17. The lowest BCUT2D eigenvalue weighted by molar-refractivity contribution is 0.105. The lowest BCUT2D eigenvalue weighted by Crippen LogP contribution is -2.36. The summed E-state index contributed by atoms with van der Waals surface area (Å²) in [5.41, 5.74) is 2.42. The molecule has 0 fully saturated rings. The Morgan fingerprint density at radius 2 is 0.704 bits per heavy atom. The molecular weight excluding hydrogens is 1020 g/mol. The van der Waals surface area contributed by atoms with Crippen LogP contribution in [-0.4, -0.2) is 127 Å². The number of phenols is 1. The van der Waals surface area contributed by atoms with Gasteiger partial charge in [-0.2, -0.15) is 0 Å². The van der Waals surface area contributed by atoms with Gasteiger partial charge in [-0.25, -0.2) is 0 Å². The van der Waals surface area contributed by atoms with Crippen LogP contribution in [0, 0.1) is 13.8 Å². The summed E-state index contributed by atoms with van der Waals surface area (Å²) in [6, 6.07) is 50.9. The molecule has 6 unspecified atom stereocenters. The number of hydrogen-bond donors (Lipinski definition) is 9. The number of aliphatic hydroxyl groups is 4. The predicted molar refractivity (Wildman–Crippen MR) is 335 cm³/mol. The number of aryl methyl sites for hydroxylation is 2. The van der Waals surface area contributed by atoms with Crippen molar-refractivity contribution < 1.29 is 44.5 Å². The van der Waals surface area contributed by atoms with Crippen LogP contribution in [0.15, 0.2) is 152 Å². The molecule has 0 aromatic heterocycles. The van der Waals surface area contributed by atoms with E-state index < -0.39 is 24.4 Å². The van der Waals surface area contributed by atoms with E-state index in [0.717, 1.165) is 67.8 Å². The Kier molecular flexibility index (Phi) is 28.0. The standard InChI is InChI=1S/C17H23NO3.3C17H23NO2/c1-3-12(2)18-10-13(19)11-21-17-9-5-6-14-15(17)7-4-8-16(14)20;1-12(2)18-10-14(19)11-20-17-9-5-7-15-13(3)6-4-8-16(15)17;1-12(2)18-10-15(19)11-20-16-9-5-8-14-7-4-6-13(3)17(14)16;1-3-13(2)18-11-15(19)12-20-17-10-6-8-14-7-4-5-9-16(14)17/h4-9,12-13,18-20H,3,10-11H2,1-2H3;4-9,12,14,18-19H,10-11H2,1-3H3;4-9,12,15,18-19H,10-11H2,1-3H3;4-10,13,15,18-19H,3,11-12H2,1-2H3. The van der Waals surface area contributed by atoms with Gasteiger partial charge < -0.3 is 65.7 Å². The lowest BCUT2D eigenvalue weighted by atomic mass is 10.0. The van der Waals surface area contributed by atoms with E-state index >= 15 is 0 Å². The highest BCUT2D eigenvalue weighted by Gasteiger charge is 2.14. The number of ether oxygens (including phenoxy) is 4. The molecule has 0 radical (unpaired) electrons. The van der Waals surface area contributed by atoms with Crippen LogP contribution >= 0.6 is 0 Å². The highest BCUT2D eigenvalue weighted by atomic mass is 16.5. The average Bonchev–Trinajstić information content (AvgIpc) is 3.64. The molecule has 0 saturated heterocycles. The van der Waals surface area contributed by atoms with Crippen LogP contribution in [0.4, 0.5) is 0 Å². The van der Waals surface area contributed by atoms with Gasteiger partial charge in [0.2, 0.25) is 0 Å². The molecule has 0 saturated carbocycles. The minimum absolute atomic E-state index is 0.220. The first-order valence-corrected chi connectivity index (χ1v) is 28.8. The molecule has 0 aliphatic heterocycles. The highest BCUT2D eigenvalue weighted by molar-refractivity contribution is 5.93. The summed E-state index contributed by atoms with van der Waals surface area (Å²) in [5, 5.41) is 70.9. The van der Waals surface area contributed by atoms with Crippen LogP contribution in [0.25, 0.3) is 43.1 Å². The fourth-order valence-corrected chi connectivity index (χ4v) is 8.57. The zero-order chi connectivity index (χ0) is 58.7. The van der Waals surface area contributed by atoms with E-state index in [1.807, 2.05) is 91.0 Å².